The number of allylic oxidation sites excluding steroid dienone is 22. The van der Waals surface area contributed by atoms with Crippen LogP contribution in [0, 0.1) is 0 Å². The van der Waals surface area contributed by atoms with Gasteiger partial charge in [0.2, 0.25) is 0 Å². The summed E-state index contributed by atoms with van der Waals surface area (Å²) in [5.41, 5.74) is 0. The molecule has 17 nitrogen and oxygen atoms in total. The number of unbranched alkanes of at least 4 members (excludes halogenated alkanes) is 25. The van der Waals surface area contributed by atoms with Gasteiger partial charge in [-0.2, -0.15) is 0 Å². The molecule has 0 aliphatic rings. The lowest BCUT2D eigenvalue weighted by atomic mass is 10.1. The predicted octanol–water partition coefficient (Wildman–Crippen LogP) is 22.9. The van der Waals surface area contributed by atoms with Gasteiger partial charge in [-0.25, -0.2) is 9.13 Å². The molecule has 584 valence electrons. The summed E-state index contributed by atoms with van der Waals surface area (Å²) in [6, 6.07) is 0. The molecular formula is C83H140O17P2. The molecule has 0 spiro atoms. The molecule has 0 aromatic carbocycles. The summed E-state index contributed by atoms with van der Waals surface area (Å²) < 4.78 is 68.4. The number of hydrogen-bond acceptors (Lipinski definition) is 15. The number of aliphatic hydroxyl groups is 1. The van der Waals surface area contributed by atoms with Crippen LogP contribution in [-0.4, -0.2) is 96.7 Å². The molecule has 0 aromatic rings. The van der Waals surface area contributed by atoms with Gasteiger partial charge in [0.25, 0.3) is 0 Å². The third kappa shape index (κ3) is 73.5. The molecule has 0 aromatic heterocycles. The van der Waals surface area contributed by atoms with Crippen molar-refractivity contribution >= 4 is 39.5 Å². The number of phosphoric ester groups is 2. The van der Waals surface area contributed by atoms with Crippen LogP contribution in [0.25, 0.3) is 0 Å². The van der Waals surface area contributed by atoms with Gasteiger partial charge in [0.15, 0.2) is 12.2 Å². The molecule has 3 N–H and O–H groups in total. The van der Waals surface area contributed by atoms with Crippen molar-refractivity contribution in [2.24, 2.45) is 0 Å². The molecule has 5 atom stereocenters. The van der Waals surface area contributed by atoms with E-state index < -0.39 is 97.5 Å². The molecule has 0 amide bonds. The number of aliphatic hydroxyl groups excluding tert-OH is 1. The van der Waals surface area contributed by atoms with Crippen molar-refractivity contribution in [3.05, 3.63) is 134 Å². The fourth-order valence-electron chi connectivity index (χ4n) is 10.0. The third-order valence-electron chi connectivity index (χ3n) is 16.1. The Bertz CT molecular complexity index is 2460. The lowest BCUT2D eigenvalue weighted by molar-refractivity contribution is -0.161. The summed E-state index contributed by atoms with van der Waals surface area (Å²) in [5, 5.41) is 10.6. The molecule has 102 heavy (non-hydrogen) atoms. The molecule has 19 heteroatoms. The normalized spacial score (nSPS) is 14.6. The minimum Gasteiger partial charge on any atom is -0.462 e. The fourth-order valence-corrected chi connectivity index (χ4v) is 11.6. The Balaban J connectivity index is 5.39. The van der Waals surface area contributed by atoms with Gasteiger partial charge in [-0.3, -0.25) is 37.3 Å². The van der Waals surface area contributed by atoms with Crippen LogP contribution in [0.3, 0.4) is 0 Å². The fraction of sp³-hybridized carbons (Fsp3) is 0.687. The van der Waals surface area contributed by atoms with E-state index in [1.54, 1.807) is 0 Å². The first kappa shape index (κ1) is 97.2. The molecule has 0 rings (SSSR count). The van der Waals surface area contributed by atoms with Crippen molar-refractivity contribution in [3.8, 4) is 0 Å². The SMILES string of the molecule is CC/C=C\C/C=C\C/C=C\C/C=C\C/C=C\CCCC(=O)OCC(COP(=O)(O)OCC(O)COP(=O)(O)OCC(COC(=O)CCCCCCCC/C=C\C/C=C\C/C=C\CCCCC)OC(=O)CCCCCCC/C=C\C/C=C\CCCCC)OC(=O)CCCCCCC/C=C\CCCC. The highest BCUT2D eigenvalue weighted by Gasteiger charge is 2.30. The van der Waals surface area contributed by atoms with E-state index in [0.717, 1.165) is 173 Å². The van der Waals surface area contributed by atoms with Gasteiger partial charge >= 0.3 is 39.5 Å². The van der Waals surface area contributed by atoms with Gasteiger partial charge in [-0.05, 0) is 154 Å². The van der Waals surface area contributed by atoms with Gasteiger partial charge in [-0.15, -0.1) is 0 Å². The Kier molecular flexibility index (Phi) is 71.0. The molecule has 0 heterocycles. The minimum atomic E-state index is -4.99. The Morgan fingerprint density at radius 3 is 0.863 bits per heavy atom. The number of ether oxygens (including phenoxy) is 4. The summed E-state index contributed by atoms with van der Waals surface area (Å²) in [6.45, 7) is 4.56. The lowest BCUT2D eigenvalue weighted by Crippen LogP contribution is -2.30. The summed E-state index contributed by atoms with van der Waals surface area (Å²) >= 11 is 0. The van der Waals surface area contributed by atoms with Crippen molar-refractivity contribution in [2.45, 2.75) is 329 Å². The average molecular weight is 1470 g/mol. The van der Waals surface area contributed by atoms with E-state index in [9.17, 15) is 43.2 Å². The van der Waals surface area contributed by atoms with Crippen LogP contribution < -0.4 is 0 Å². The zero-order valence-corrected chi connectivity index (χ0v) is 65.5. The van der Waals surface area contributed by atoms with Gasteiger partial charge in [0.05, 0.1) is 26.4 Å². The maximum atomic E-state index is 13.1. The van der Waals surface area contributed by atoms with E-state index in [-0.39, 0.29) is 25.7 Å². The first-order chi connectivity index (χ1) is 49.7. The maximum absolute atomic E-state index is 13.1. The van der Waals surface area contributed by atoms with Crippen molar-refractivity contribution in [1.82, 2.24) is 0 Å². The van der Waals surface area contributed by atoms with Crippen LogP contribution in [-0.2, 0) is 65.4 Å². The number of phosphoric acid groups is 2. The maximum Gasteiger partial charge on any atom is 0.472 e. The first-order valence-corrected chi connectivity index (χ1v) is 42.4. The zero-order valence-electron chi connectivity index (χ0n) is 63.7. The molecule has 5 unspecified atom stereocenters. The van der Waals surface area contributed by atoms with Gasteiger partial charge in [0, 0.05) is 25.7 Å². The minimum absolute atomic E-state index is 0.0688. The number of carbonyl (C=O) groups is 4. The van der Waals surface area contributed by atoms with E-state index in [0.29, 0.717) is 32.1 Å². The highest BCUT2D eigenvalue weighted by molar-refractivity contribution is 7.47. The zero-order chi connectivity index (χ0) is 74.6. The second-order valence-electron chi connectivity index (χ2n) is 25.9. The summed E-state index contributed by atoms with van der Waals surface area (Å²) in [6.07, 6.45) is 83.0. The molecule has 0 bridgehead atoms. The van der Waals surface area contributed by atoms with Crippen LogP contribution in [0.5, 0.6) is 0 Å². The molecule has 0 saturated carbocycles. The largest absolute Gasteiger partial charge is 0.472 e. The van der Waals surface area contributed by atoms with E-state index in [4.69, 9.17) is 37.0 Å². The van der Waals surface area contributed by atoms with Crippen molar-refractivity contribution in [2.75, 3.05) is 39.6 Å². The van der Waals surface area contributed by atoms with E-state index in [1.165, 1.54) is 51.4 Å². The molecular weight excluding hydrogens is 1330 g/mol. The van der Waals surface area contributed by atoms with Crippen molar-refractivity contribution in [3.63, 3.8) is 0 Å². The molecule has 0 saturated heterocycles. The summed E-state index contributed by atoms with van der Waals surface area (Å²) in [4.78, 5) is 72.9. The number of hydrogen-bond donors (Lipinski definition) is 3. The lowest BCUT2D eigenvalue weighted by Gasteiger charge is -2.21. The van der Waals surface area contributed by atoms with Gasteiger partial charge < -0.3 is 33.8 Å². The van der Waals surface area contributed by atoms with Gasteiger partial charge in [0.1, 0.15) is 19.3 Å². The molecule has 0 fully saturated rings. The Labute approximate surface area is 618 Å². The first-order valence-electron chi connectivity index (χ1n) is 39.4. The van der Waals surface area contributed by atoms with Crippen LogP contribution in [0.2, 0.25) is 0 Å². The highest BCUT2D eigenvalue weighted by atomic mass is 31.2. The number of esters is 4. The smallest absolute Gasteiger partial charge is 0.462 e. The quantitative estimate of drug-likeness (QED) is 0.0169. The summed E-state index contributed by atoms with van der Waals surface area (Å²) in [7, 11) is -9.98. The predicted molar refractivity (Wildman–Crippen MR) is 418 cm³/mol. The number of rotatable bonds is 73. The Morgan fingerprint density at radius 1 is 0.284 bits per heavy atom. The highest BCUT2D eigenvalue weighted by Crippen LogP contribution is 2.45. The third-order valence-corrected chi connectivity index (χ3v) is 18.0. The van der Waals surface area contributed by atoms with E-state index in [1.807, 2.05) is 12.2 Å². The van der Waals surface area contributed by atoms with Crippen LogP contribution in [0.15, 0.2) is 134 Å². The van der Waals surface area contributed by atoms with Crippen LogP contribution in [0.4, 0.5) is 0 Å². The standard InChI is InChI=1S/C83H140O17P2/c1-5-9-13-17-21-25-29-32-35-37-38-40-43-45-49-52-56-60-64-68-81(86)94-74-79(100-83(88)70-66-62-58-54-50-46-41-34-31-27-23-19-15-11-7-3)76-98-102(91,92)96-72-77(84)71-95-101(89,90)97-75-78(99-82(87)69-65-61-57-53-47-28-24-20-16-12-8-4)73-93-80(85)67-63-59-55-51-48-44-42-39-36-33-30-26-22-18-14-10-6-2/h10,14,20-27,32-36,38,40-42,44,51,55,77-79,84H,5-9,11-13,15-19,28-31,37,39,43,45-50,52-54,56-76H2,1-4H3,(H,89,90)(H,91,92)/b14-10-,24-20-,25-21-,26-22-,27-23-,35-32-,36-33-,40-38-,41-34-,44-42-,55-51-. The van der Waals surface area contributed by atoms with Crippen molar-refractivity contribution < 1.29 is 80.2 Å². The average Bonchev–Trinajstić information content (AvgIpc) is 0.926. The van der Waals surface area contributed by atoms with Crippen molar-refractivity contribution in [1.29, 1.82) is 0 Å². The molecule has 0 aliphatic heterocycles. The monoisotopic (exact) mass is 1470 g/mol. The van der Waals surface area contributed by atoms with E-state index >= 15 is 0 Å². The topological polar surface area (TPSA) is 237 Å². The molecule has 0 radical (unpaired) electrons. The molecule has 0 aliphatic carbocycles. The Morgan fingerprint density at radius 2 is 0.529 bits per heavy atom. The number of carbonyl (C=O) groups excluding carboxylic acids is 4. The van der Waals surface area contributed by atoms with E-state index in [2.05, 4.69) is 149 Å². The second kappa shape index (κ2) is 74.5. The second-order valence-corrected chi connectivity index (χ2v) is 28.8. The summed E-state index contributed by atoms with van der Waals surface area (Å²) in [5.74, 6) is -2.28. The Hall–Kier alpha value is -4.80. The van der Waals surface area contributed by atoms with Crippen LogP contribution in [0.1, 0.15) is 310 Å². The van der Waals surface area contributed by atoms with Gasteiger partial charge in [-0.1, -0.05) is 264 Å². The van der Waals surface area contributed by atoms with Crippen LogP contribution >= 0.6 is 15.6 Å².